The first-order valence-electron chi connectivity index (χ1n) is 10.3. The number of aryl methyl sites for hydroxylation is 1. The summed E-state index contributed by atoms with van der Waals surface area (Å²) in [7, 11) is 0. The standard InChI is InChI=1S/C21H29F3N4/c1-13-14(2)26-18-11-17(15-5-7-16(8-6-15)21(22,23)24)27-28(18)19(13)20(3)9-4-10-25-12-20/h11,15-16,25H,4-10,12H2,1-3H3/t15-,16-,20-/m1/s1. The molecule has 154 valence electrons. The quantitative estimate of drug-likeness (QED) is 0.794. The first-order valence-corrected chi connectivity index (χ1v) is 10.3. The number of aromatic nitrogens is 3. The largest absolute Gasteiger partial charge is 0.391 e. The first kappa shape index (κ1) is 19.7. The molecular weight excluding hydrogens is 365 g/mol. The Morgan fingerprint density at radius 1 is 1.18 bits per heavy atom. The van der Waals surface area contributed by atoms with Crippen LogP contribution in [0.3, 0.4) is 0 Å². The summed E-state index contributed by atoms with van der Waals surface area (Å²) in [5.41, 5.74) is 5.04. The molecule has 0 aromatic carbocycles. The van der Waals surface area contributed by atoms with Crippen LogP contribution in [0.1, 0.15) is 74.0 Å². The Kier molecular flexibility index (Phi) is 4.92. The second-order valence-electron chi connectivity index (χ2n) is 8.94. The van der Waals surface area contributed by atoms with Crippen molar-refractivity contribution in [3.63, 3.8) is 0 Å². The van der Waals surface area contributed by atoms with E-state index in [-0.39, 0.29) is 24.2 Å². The zero-order valence-corrected chi connectivity index (χ0v) is 16.9. The number of fused-ring (bicyclic) bond motifs is 1. The molecule has 0 unspecified atom stereocenters. The van der Waals surface area contributed by atoms with Gasteiger partial charge >= 0.3 is 6.18 Å². The minimum Gasteiger partial charge on any atom is -0.316 e. The minimum atomic E-state index is -4.07. The number of nitrogens with one attached hydrogen (secondary N) is 1. The van der Waals surface area contributed by atoms with Gasteiger partial charge in [0.15, 0.2) is 5.65 Å². The lowest BCUT2D eigenvalue weighted by atomic mass is 9.77. The van der Waals surface area contributed by atoms with E-state index in [0.717, 1.165) is 48.5 Å². The zero-order chi connectivity index (χ0) is 20.1. The van der Waals surface area contributed by atoms with E-state index in [1.165, 1.54) is 5.69 Å². The van der Waals surface area contributed by atoms with Crippen molar-refractivity contribution in [3.05, 3.63) is 28.7 Å². The third kappa shape index (κ3) is 3.42. The number of rotatable bonds is 2. The van der Waals surface area contributed by atoms with Gasteiger partial charge in [-0.25, -0.2) is 9.50 Å². The summed E-state index contributed by atoms with van der Waals surface area (Å²) in [6.07, 6.45) is -0.389. The Morgan fingerprint density at radius 3 is 2.50 bits per heavy atom. The highest BCUT2D eigenvalue weighted by atomic mass is 19.4. The van der Waals surface area contributed by atoms with Gasteiger partial charge in [-0.2, -0.15) is 18.3 Å². The molecule has 2 aromatic heterocycles. The van der Waals surface area contributed by atoms with Crippen LogP contribution in [0.15, 0.2) is 6.07 Å². The molecule has 1 saturated carbocycles. The van der Waals surface area contributed by atoms with E-state index in [0.29, 0.717) is 12.8 Å². The summed E-state index contributed by atoms with van der Waals surface area (Å²) in [5, 5.41) is 8.40. The van der Waals surface area contributed by atoms with Gasteiger partial charge in [-0.15, -0.1) is 0 Å². The molecule has 1 N–H and O–H groups in total. The minimum absolute atomic E-state index is 0.0223. The normalized spacial score (nSPS) is 29.4. The fourth-order valence-electron chi connectivity index (χ4n) is 5.10. The molecule has 2 fully saturated rings. The van der Waals surface area contributed by atoms with Gasteiger partial charge in [0.05, 0.1) is 17.3 Å². The molecule has 0 amide bonds. The number of hydrogen-bond acceptors (Lipinski definition) is 3. The van der Waals surface area contributed by atoms with Crippen molar-refractivity contribution in [2.45, 2.75) is 76.8 Å². The van der Waals surface area contributed by atoms with Crippen LogP contribution in [0.5, 0.6) is 0 Å². The molecule has 2 aliphatic rings. The van der Waals surface area contributed by atoms with Gasteiger partial charge in [0.2, 0.25) is 0 Å². The molecule has 0 bridgehead atoms. The van der Waals surface area contributed by atoms with Crippen LogP contribution in [0.25, 0.3) is 5.65 Å². The number of alkyl halides is 3. The van der Waals surface area contributed by atoms with Crippen LogP contribution in [0.4, 0.5) is 13.2 Å². The van der Waals surface area contributed by atoms with Gasteiger partial charge in [0.1, 0.15) is 0 Å². The Labute approximate surface area is 163 Å². The SMILES string of the molecule is Cc1nc2cc([C@H]3CC[C@H](C(F)(F)F)CC3)nn2c([C@]2(C)CCCNC2)c1C. The van der Waals surface area contributed by atoms with Crippen LogP contribution in [-0.2, 0) is 5.41 Å². The molecule has 1 aliphatic heterocycles. The molecule has 3 heterocycles. The van der Waals surface area contributed by atoms with E-state index in [9.17, 15) is 13.2 Å². The highest BCUT2D eigenvalue weighted by Crippen LogP contribution is 2.43. The van der Waals surface area contributed by atoms with Crippen LogP contribution < -0.4 is 5.32 Å². The Hall–Kier alpha value is -1.63. The molecule has 0 radical (unpaired) electrons. The summed E-state index contributed by atoms with van der Waals surface area (Å²) in [5.74, 6) is -1.07. The van der Waals surface area contributed by atoms with Gasteiger partial charge in [-0.05, 0) is 64.5 Å². The lowest BCUT2D eigenvalue weighted by molar-refractivity contribution is -0.182. The van der Waals surface area contributed by atoms with Crippen molar-refractivity contribution in [1.29, 1.82) is 0 Å². The van der Waals surface area contributed by atoms with Gasteiger partial charge < -0.3 is 5.32 Å². The Bertz CT molecular complexity index is 857. The Morgan fingerprint density at radius 2 is 1.89 bits per heavy atom. The van der Waals surface area contributed by atoms with E-state index >= 15 is 0 Å². The number of piperidine rings is 1. The third-order valence-electron chi connectivity index (χ3n) is 6.88. The van der Waals surface area contributed by atoms with E-state index in [1.807, 2.05) is 17.5 Å². The van der Waals surface area contributed by atoms with Crippen molar-refractivity contribution in [2.75, 3.05) is 13.1 Å². The summed E-state index contributed by atoms with van der Waals surface area (Å²) < 4.78 is 41.0. The van der Waals surface area contributed by atoms with Gasteiger partial charge in [0, 0.05) is 29.6 Å². The smallest absolute Gasteiger partial charge is 0.316 e. The molecule has 2 aromatic rings. The molecular formula is C21H29F3N4. The van der Waals surface area contributed by atoms with Gasteiger partial charge in [-0.1, -0.05) is 6.92 Å². The molecule has 7 heteroatoms. The average molecular weight is 394 g/mol. The molecule has 1 saturated heterocycles. The van der Waals surface area contributed by atoms with Crippen LogP contribution in [0, 0.1) is 19.8 Å². The van der Waals surface area contributed by atoms with E-state index in [1.54, 1.807) is 0 Å². The maximum Gasteiger partial charge on any atom is 0.391 e. The second kappa shape index (κ2) is 7.01. The van der Waals surface area contributed by atoms with Gasteiger partial charge in [0.25, 0.3) is 0 Å². The lowest BCUT2D eigenvalue weighted by Crippen LogP contribution is -2.43. The average Bonchev–Trinajstić information content (AvgIpc) is 3.05. The number of nitrogens with zero attached hydrogens (tertiary/aromatic N) is 3. The maximum atomic E-state index is 13.0. The van der Waals surface area contributed by atoms with Gasteiger partial charge in [-0.3, -0.25) is 0 Å². The maximum absolute atomic E-state index is 13.0. The van der Waals surface area contributed by atoms with E-state index in [4.69, 9.17) is 10.1 Å². The predicted octanol–water partition coefficient (Wildman–Crippen LogP) is 4.82. The van der Waals surface area contributed by atoms with Crippen molar-refractivity contribution < 1.29 is 13.2 Å². The van der Waals surface area contributed by atoms with Crippen molar-refractivity contribution in [3.8, 4) is 0 Å². The highest BCUT2D eigenvalue weighted by molar-refractivity contribution is 5.47. The molecule has 1 atom stereocenters. The molecule has 1 aliphatic carbocycles. The topological polar surface area (TPSA) is 42.2 Å². The highest BCUT2D eigenvalue weighted by Gasteiger charge is 2.42. The summed E-state index contributed by atoms with van der Waals surface area (Å²) in [6.45, 7) is 8.34. The summed E-state index contributed by atoms with van der Waals surface area (Å²) >= 11 is 0. The predicted molar refractivity (Wildman–Crippen MR) is 103 cm³/mol. The molecule has 4 rings (SSSR count). The lowest BCUT2D eigenvalue weighted by Gasteiger charge is -2.36. The van der Waals surface area contributed by atoms with Crippen LogP contribution >= 0.6 is 0 Å². The summed E-state index contributed by atoms with van der Waals surface area (Å²) in [4.78, 5) is 4.73. The molecule has 0 spiro atoms. The zero-order valence-electron chi connectivity index (χ0n) is 16.9. The number of halogens is 3. The third-order valence-corrected chi connectivity index (χ3v) is 6.88. The Balaban J connectivity index is 1.69. The van der Waals surface area contributed by atoms with E-state index < -0.39 is 12.1 Å². The van der Waals surface area contributed by atoms with E-state index in [2.05, 4.69) is 19.2 Å². The van der Waals surface area contributed by atoms with Crippen molar-refractivity contribution >= 4 is 5.65 Å². The monoisotopic (exact) mass is 394 g/mol. The van der Waals surface area contributed by atoms with Crippen LogP contribution in [0.2, 0.25) is 0 Å². The molecule has 4 nitrogen and oxygen atoms in total. The van der Waals surface area contributed by atoms with Crippen LogP contribution in [-0.4, -0.2) is 33.9 Å². The van der Waals surface area contributed by atoms with Crippen molar-refractivity contribution in [1.82, 2.24) is 19.9 Å². The second-order valence-corrected chi connectivity index (χ2v) is 8.94. The first-order chi connectivity index (χ1) is 13.2. The number of hydrogen-bond donors (Lipinski definition) is 1. The fraction of sp³-hybridized carbons (Fsp3) is 0.714. The van der Waals surface area contributed by atoms with Crippen molar-refractivity contribution in [2.24, 2.45) is 5.92 Å². The molecule has 28 heavy (non-hydrogen) atoms. The fourth-order valence-corrected chi connectivity index (χ4v) is 5.10. The summed E-state index contributed by atoms with van der Waals surface area (Å²) in [6, 6.07) is 1.99.